The third-order valence-electron chi connectivity index (χ3n) is 3.85. The van der Waals surface area contributed by atoms with Crippen molar-refractivity contribution in [2.24, 2.45) is 0 Å². The van der Waals surface area contributed by atoms with E-state index >= 15 is 0 Å². The molecule has 0 spiro atoms. The summed E-state index contributed by atoms with van der Waals surface area (Å²) in [5.41, 5.74) is 7.96. The first-order valence-electron chi connectivity index (χ1n) is 8.89. The van der Waals surface area contributed by atoms with Crippen molar-refractivity contribution in [1.29, 1.82) is 0 Å². The van der Waals surface area contributed by atoms with E-state index in [0.717, 1.165) is 12.1 Å². The molecular weight excluding hydrogens is 342 g/mol. The van der Waals surface area contributed by atoms with Crippen LogP contribution in [0.1, 0.15) is 25.2 Å². The molecule has 0 saturated carbocycles. The molecule has 0 unspecified atom stereocenters. The highest BCUT2D eigenvalue weighted by Crippen LogP contribution is 2.27. The third-order valence-corrected chi connectivity index (χ3v) is 3.85. The lowest BCUT2D eigenvalue weighted by molar-refractivity contribution is 0.263. The van der Waals surface area contributed by atoms with Crippen molar-refractivity contribution in [2.45, 2.75) is 26.9 Å². The molecule has 3 N–H and O–H groups in total. The molecule has 3 rings (SSSR count). The van der Waals surface area contributed by atoms with Gasteiger partial charge in [-0.15, -0.1) is 0 Å². The van der Waals surface area contributed by atoms with E-state index in [1.54, 1.807) is 0 Å². The molecule has 0 aliphatic rings. The van der Waals surface area contributed by atoms with E-state index in [4.69, 9.17) is 15.2 Å². The molecule has 0 radical (unpaired) electrons. The summed E-state index contributed by atoms with van der Waals surface area (Å²) in [6.45, 7) is 4.73. The van der Waals surface area contributed by atoms with Crippen LogP contribution >= 0.6 is 0 Å². The number of benzene rings is 2. The number of hydrogen-bond donors (Lipinski definition) is 2. The average molecular weight is 365 g/mol. The number of rotatable bonds is 8. The molecular formula is C20H23N5O2. The van der Waals surface area contributed by atoms with Crippen LogP contribution in [0.15, 0.2) is 48.5 Å². The highest BCUT2D eigenvalue weighted by Gasteiger charge is 2.09. The molecule has 0 fully saturated rings. The third kappa shape index (κ3) is 4.84. The van der Waals surface area contributed by atoms with Crippen LogP contribution in [-0.2, 0) is 13.0 Å². The number of para-hydroxylation sites is 3. The maximum atomic E-state index is 5.85. The fourth-order valence-corrected chi connectivity index (χ4v) is 2.62. The molecule has 0 amide bonds. The van der Waals surface area contributed by atoms with Gasteiger partial charge in [-0.2, -0.15) is 15.0 Å². The molecule has 27 heavy (non-hydrogen) atoms. The number of nitrogen functional groups attached to an aromatic ring is 1. The molecule has 7 nitrogen and oxygen atoms in total. The largest absolute Gasteiger partial charge is 0.490 e. The first kappa shape index (κ1) is 18.4. The second kappa shape index (κ2) is 8.84. The van der Waals surface area contributed by atoms with Crippen molar-refractivity contribution in [3.63, 3.8) is 0 Å². The first-order valence-corrected chi connectivity index (χ1v) is 8.89. The molecule has 0 aliphatic carbocycles. The minimum atomic E-state index is 0.137. The van der Waals surface area contributed by atoms with Gasteiger partial charge in [0.25, 0.3) is 0 Å². The van der Waals surface area contributed by atoms with Crippen LogP contribution in [0.2, 0.25) is 0 Å². The quantitative estimate of drug-likeness (QED) is 0.628. The Labute approximate surface area is 158 Å². The molecule has 1 heterocycles. The number of hydrogen-bond acceptors (Lipinski definition) is 7. The van der Waals surface area contributed by atoms with Crippen LogP contribution in [0, 0.1) is 0 Å². The minimum absolute atomic E-state index is 0.137. The summed E-state index contributed by atoms with van der Waals surface area (Å²) in [5, 5.41) is 3.21. The second-order valence-corrected chi connectivity index (χ2v) is 5.74. The van der Waals surface area contributed by atoms with Gasteiger partial charge >= 0.3 is 0 Å². The van der Waals surface area contributed by atoms with E-state index in [-0.39, 0.29) is 12.6 Å². The van der Waals surface area contributed by atoms with Gasteiger partial charge < -0.3 is 20.5 Å². The highest BCUT2D eigenvalue weighted by atomic mass is 16.5. The van der Waals surface area contributed by atoms with Crippen LogP contribution in [0.3, 0.4) is 0 Å². The Morgan fingerprint density at radius 3 is 2.33 bits per heavy atom. The zero-order chi connectivity index (χ0) is 19.1. The predicted molar refractivity (Wildman–Crippen MR) is 105 cm³/mol. The van der Waals surface area contributed by atoms with Gasteiger partial charge in [-0.05, 0) is 37.1 Å². The Balaban J connectivity index is 1.76. The van der Waals surface area contributed by atoms with Crippen LogP contribution in [-0.4, -0.2) is 21.6 Å². The van der Waals surface area contributed by atoms with Crippen LogP contribution in [0.25, 0.3) is 0 Å². The molecule has 7 heteroatoms. The number of aryl methyl sites for hydroxylation is 1. The summed E-state index contributed by atoms with van der Waals surface area (Å²) in [6.07, 6.45) is 0.897. The zero-order valence-electron chi connectivity index (χ0n) is 15.5. The monoisotopic (exact) mass is 365 g/mol. The second-order valence-electron chi connectivity index (χ2n) is 5.74. The van der Waals surface area contributed by atoms with Gasteiger partial charge in [0.1, 0.15) is 6.61 Å². The lowest BCUT2D eigenvalue weighted by atomic mass is 10.1. The first-order chi connectivity index (χ1) is 13.2. The van der Waals surface area contributed by atoms with Gasteiger partial charge in [0.15, 0.2) is 17.3 Å². The zero-order valence-corrected chi connectivity index (χ0v) is 15.5. The van der Waals surface area contributed by atoms with Crippen LogP contribution in [0.4, 0.5) is 17.6 Å². The fraction of sp³-hybridized carbons (Fsp3) is 0.250. The van der Waals surface area contributed by atoms with Crippen molar-refractivity contribution >= 4 is 17.6 Å². The summed E-state index contributed by atoms with van der Waals surface area (Å²) in [5.74, 6) is 2.27. The van der Waals surface area contributed by atoms with Gasteiger partial charge in [0, 0.05) is 5.69 Å². The number of nitrogens with one attached hydrogen (secondary N) is 1. The van der Waals surface area contributed by atoms with Gasteiger partial charge in [-0.3, -0.25) is 0 Å². The summed E-state index contributed by atoms with van der Waals surface area (Å²) in [4.78, 5) is 12.7. The summed E-state index contributed by atoms with van der Waals surface area (Å²) >= 11 is 0. The Kier molecular flexibility index (Phi) is 6.04. The Morgan fingerprint density at radius 1 is 0.889 bits per heavy atom. The Hall–Kier alpha value is -3.35. The maximum absolute atomic E-state index is 5.85. The van der Waals surface area contributed by atoms with Gasteiger partial charge in [0.2, 0.25) is 11.9 Å². The summed E-state index contributed by atoms with van der Waals surface area (Å²) in [7, 11) is 0. The highest BCUT2D eigenvalue weighted by molar-refractivity contribution is 5.58. The number of ether oxygens (including phenoxy) is 2. The van der Waals surface area contributed by atoms with Crippen LogP contribution < -0.4 is 20.5 Å². The van der Waals surface area contributed by atoms with Crippen LogP contribution in [0.5, 0.6) is 11.5 Å². The number of nitrogens with zero attached hydrogens (tertiary/aromatic N) is 3. The molecule has 0 bridgehead atoms. The summed E-state index contributed by atoms with van der Waals surface area (Å²) < 4.78 is 11.4. The lowest BCUT2D eigenvalue weighted by Crippen LogP contribution is -2.10. The standard InChI is InChI=1S/C20H23N5O2/c1-3-14-9-5-6-10-15(14)22-20-24-18(23-19(21)25-20)13-27-17-12-8-7-11-16(17)26-4-2/h5-12H,3-4,13H2,1-2H3,(H3,21,22,23,24,25). The van der Waals surface area contributed by atoms with E-state index < -0.39 is 0 Å². The molecule has 140 valence electrons. The molecule has 0 saturated heterocycles. The van der Waals surface area contributed by atoms with Crippen molar-refractivity contribution in [3.05, 3.63) is 59.9 Å². The molecule has 0 atom stereocenters. The average Bonchev–Trinajstić information content (AvgIpc) is 2.67. The normalized spacial score (nSPS) is 10.4. The van der Waals surface area contributed by atoms with E-state index in [9.17, 15) is 0 Å². The maximum Gasteiger partial charge on any atom is 0.232 e. The van der Waals surface area contributed by atoms with Crippen molar-refractivity contribution in [1.82, 2.24) is 15.0 Å². The Bertz CT molecular complexity index is 901. The molecule has 2 aromatic carbocycles. The van der Waals surface area contributed by atoms with E-state index in [2.05, 4.69) is 33.3 Å². The summed E-state index contributed by atoms with van der Waals surface area (Å²) in [6, 6.07) is 15.5. The van der Waals surface area contributed by atoms with Crippen molar-refractivity contribution in [3.8, 4) is 11.5 Å². The Morgan fingerprint density at radius 2 is 1.59 bits per heavy atom. The van der Waals surface area contributed by atoms with Crippen molar-refractivity contribution < 1.29 is 9.47 Å². The lowest BCUT2D eigenvalue weighted by Gasteiger charge is -2.12. The topological polar surface area (TPSA) is 95.2 Å². The molecule has 3 aromatic rings. The SMILES string of the molecule is CCOc1ccccc1OCc1nc(N)nc(Nc2ccccc2CC)n1. The molecule has 1 aromatic heterocycles. The minimum Gasteiger partial charge on any atom is -0.490 e. The predicted octanol–water partition coefficient (Wildman–Crippen LogP) is 3.74. The van der Waals surface area contributed by atoms with Gasteiger partial charge in [0.05, 0.1) is 6.61 Å². The van der Waals surface area contributed by atoms with Gasteiger partial charge in [-0.1, -0.05) is 37.3 Å². The number of anilines is 3. The number of nitrogens with two attached hydrogens (primary N) is 1. The van der Waals surface area contributed by atoms with E-state index in [0.29, 0.717) is 29.9 Å². The van der Waals surface area contributed by atoms with Crippen molar-refractivity contribution in [2.75, 3.05) is 17.7 Å². The van der Waals surface area contributed by atoms with E-state index in [1.807, 2.05) is 49.4 Å². The fourth-order valence-electron chi connectivity index (χ4n) is 2.62. The smallest absolute Gasteiger partial charge is 0.232 e. The van der Waals surface area contributed by atoms with E-state index in [1.165, 1.54) is 5.56 Å². The van der Waals surface area contributed by atoms with Gasteiger partial charge in [-0.25, -0.2) is 0 Å². The molecule has 0 aliphatic heterocycles. The number of aromatic nitrogens is 3.